The number of benzene rings is 1. The van der Waals surface area contributed by atoms with Gasteiger partial charge in [-0.2, -0.15) is 0 Å². The number of rotatable bonds is 5. The minimum absolute atomic E-state index is 0.498. The smallest absolute Gasteiger partial charge is 0.310 e. The summed E-state index contributed by atoms with van der Waals surface area (Å²) >= 11 is 0. The number of nitrogens with one attached hydrogen (secondary N) is 1. The number of hydrogen-bond donors (Lipinski definition) is 2. The first-order valence-electron chi connectivity index (χ1n) is 4.89. The van der Waals surface area contributed by atoms with E-state index in [0.717, 1.165) is 11.1 Å². The minimum Gasteiger partial charge on any atom is -0.481 e. The van der Waals surface area contributed by atoms with E-state index in [0.29, 0.717) is 6.54 Å². The summed E-state index contributed by atoms with van der Waals surface area (Å²) in [7, 11) is -1.03. The number of carboxylic acid groups (broad SMARTS) is 1. The summed E-state index contributed by atoms with van der Waals surface area (Å²) in [6.07, 6.45) is 1.57. The van der Waals surface area contributed by atoms with Gasteiger partial charge in [0, 0.05) is 12.8 Å². The third-order valence-corrected chi connectivity index (χ3v) is 2.88. The molecule has 5 heteroatoms. The van der Waals surface area contributed by atoms with Gasteiger partial charge >= 0.3 is 5.97 Å². The van der Waals surface area contributed by atoms with Crippen molar-refractivity contribution < 1.29 is 14.1 Å². The predicted molar refractivity (Wildman–Crippen MR) is 63.4 cm³/mol. The first-order chi connectivity index (χ1) is 7.50. The van der Waals surface area contributed by atoms with Gasteiger partial charge in [-0.3, -0.25) is 4.79 Å². The monoisotopic (exact) mass is 241 g/mol. The van der Waals surface area contributed by atoms with E-state index >= 15 is 0 Å². The standard InChI is InChI=1S/C11H15NO3S/c1-8(11(13)14)10-5-3-9(4-6-10)7-12-16(2)15/h3-6,8,12H,7H2,1-2H3,(H,13,14). The lowest BCUT2D eigenvalue weighted by Gasteiger charge is -2.07. The van der Waals surface area contributed by atoms with Crippen molar-refractivity contribution in [3.05, 3.63) is 35.4 Å². The molecule has 0 aromatic heterocycles. The van der Waals surface area contributed by atoms with Crippen LogP contribution in [0.3, 0.4) is 0 Å². The van der Waals surface area contributed by atoms with Crippen LogP contribution in [0, 0.1) is 0 Å². The van der Waals surface area contributed by atoms with E-state index in [2.05, 4.69) is 4.72 Å². The summed E-state index contributed by atoms with van der Waals surface area (Å²) in [4.78, 5) is 10.7. The fourth-order valence-corrected chi connectivity index (χ4v) is 1.62. The Balaban J connectivity index is 2.67. The second-order valence-corrected chi connectivity index (χ2v) is 4.77. The summed E-state index contributed by atoms with van der Waals surface area (Å²) in [5.41, 5.74) is 1.76. The largest absolute Gasteiger partial charge is 0.481 e. The molecule has 88 valence electrons. The highest BCUT2D eigenvalue weighted by molar-refractivity contribution is 7.82. The molecular formula is C11H15NO3S. The van der Waals surface area contributed by atoms with E-state index in [1.165, 1.54) is 0 Å². The van der Waals surface area contributed by atoms with Crippen LogP contribution in [0.25, 0.3) is 0 Å². The molecular weight excluding hydrogens is 226 g/mol. The second-order valence-electron chi connectivity index (χ2n) is 3.58. The highest BCUT2D eigenvalue weighted by Crippen LogP contribution is 2.15. The maximum atomic E-state index is 10.8. The van der Waals surface area contributed by atoms with Crippen LogP contribution in [-0.2, 0) is 22.3 Å². The Morgan fingerprint density at radius 3 is 2.44 bits per heavy atom. The Hall–Kier alpha value is -1.20. The van der Waals surface area contributed by atoms with Gasteiger partial charge in [0.2, 0.25) is 0 Å². The molecule has 0 heterocycles. The van der Waals surface area contributed by atoms with Gasteiger partial charge in [-0.1, -0.05) is 24.3 Å². The normalized spacial score (nSPS) is 14.4. The third-order valence-electron chi connectivity index (χ3n) is 2.33. The summed E-state index contributed by atoms with van der Waals surface area (Å²) in [5, 5.41) is 8.83. The van der Waals surface area contributed by atoms with Gasteiger partial charge in [0.25, 0.3) is 0 Å². The van der Waals surface area contributed by atoms with Crippen LogP contribution in [-0.4, -0.2) is 21.5 Å². The molecule has 2 N–H and O–H groups in total. The summed E-state index contributed by atoms with van der Waals surface area (Å²) < 4.78 is 13.6. The van der Waals surface area contributed by atoms with Gasteiger partial charge in [0.1, 0.15) is 0 Å². The molecule has 0 saturated carbocycles. The Morgan fingerprint density at radius 2 is 2.00 bits per heavy atom. The van der Waals surface area contributed by atoms with Crippen molar-refractivity contribution in [2.24, 2.45) is 0 Å². The molecule has 0 radical (unpaired) electrons. The molecule has 16 heavy (non-hydrogen) atoms. The first-order valence-corrected chi connectivity index (χ1v) is 6.45. The number of carbonyl (C=O) groups is 1. The van der Waals surface area contributed by atoms with Gasteiger partial charge in [0.15, 0.2) is 0 Å². The molecule has 1 aromatic rings. The molecule has 1 rings (SSSR count). The van der Waals surface area contributed by atoms with E-state index < -0.39 is 22.9 Å². The van der Waals surface area contributed by atoms with Crippen molar-refractivity contribution in [1.29, 1.82) is 0 Å². The molecule has 0 fully saturated rings. The Kier molecular flexibility index (Phi) is 4.64. The maximum absolute atomic E-state index is 10.8. The highest BCUT2D eigenvalue weighted by Gasteiger charge is 2.12. The van der Waals surface area contributed by atoms with E-state index in [1.807, 2.05) is 12.1 Å². The lowest BCUT2D eigenvalue weighted by atomic mass is 10.0. The average molecular weight is 241 g/mol. The first kappa shape index (κ1) is 12.9. The van der Waals surface area contributed by atoms with Crippen LogP contribution >= 0.6 is 0 Å². The molecule has 0 aliphatic rings. The van der Waals surface area contributed by atoms with Crippen LogP contribution in [0.2, 0.25) is 0 Å². The van der Waals surface area contributed by atoms with Gasteiger partial charge in [-0.15, -0.1) is 0 Å². The summed E-state index contributed by atoms with van der Waals surface area (Å²) in [6.45, 7) is 2.17. The fourth-order valence-electron chi connectivity index (χ4n) is 1.25. The molecule has 0 saturated heterocycles. The number of aliphatic carboxylic acids is 1. The van der Waals surface area contributed by atoms with Gasteiger partial charge in [-0.05, 0) is 18.1 Å². The molecule has 2 atom stereocenters. The molecule has 2 unspecified atom stereocenters. The molecule has 0 amide bonds. The van der Waals surface area contributed by atoms with Gasteiger partial charge in [-0.25, -0.2) is 8.93 Å². The molecule has 0 spiro atoms. The molecule has 0 aliphatic heterocycles. The van der Waals surface area contributed by atoms with Crippen molar-refractivity contribution in [3.8, 4) is 0 Å². The quantitative estimate of drug-likeness (QED) is 0.815. The Morgan fingerprint density at radius 1 is 1.44 bits per heavy atom. The van der Waals surface area contributed by atoms with Gasteiger partial charge < -0.3 is 5.11 Å². The molecule has 4 nitrogen and oxygen atoms in total. The third kappa shape index (κ3) is 3.75. The Labute approximate surface area is 97.3 Å². The van der Waals surface area contributed by atoms with Crippen LogP contribution in [0.1, 0.15) is 24.0 Å². The zero-order valence-electron chi connectivity index (χ0n) is 9.27. The van der Waals surface area contributed by atoms with Crippen LogP contribution in [0.15, 0.2) is 24.3 Å². The van der Waals surface area contributed by atoms with E-state index in [-0.39, 0.29) is 0 Å². The number of hydrogen-bond acceptors (Lipinski definition) is 2. The second kappa shape index (κ2) is 5.77. The van der Waals surface area contributed by atoms with Crippen molar-refractivity contribution in [2.45, 2.75) is 19.4 Å². The fraction of sp³-hybridized carbons (Fsp3) is 0.364. The zero-order chi connectivity index (χ0) is 12.1. The summed E-state index contributed by atoms with van der Waals surface area (Å²) in [5.74, 6) is -1.33. The average Bonchev–Trinajstić information content (AvgIpc) is 2.26. The highest BCUT2D eigenvalue weighted by atomic mass is 32.2. The lowest BCUT2D eigenvalue weighted by Crippen LogP contribution is -2.15. The van der Waals surface area contributed by atoms with Crippen molar-refractivity contribution in [1.82, 2.24) is 4.72 Å². The van der Waals surface area contributed by atoms with Crippen molar-refractivity contribution in [2.75, 3.05) is 6.26 Å². The minimum atomic E-state index is -1.03. The maximum Gasteiger partial charge on any atom is 0.310 e. The molecule has 0 bridgehead atoms. The topological polar surface area (TPSA) is 66.4 Å². The van der Waals surface area contributed by atoms with Crippen LogP contribution < -0.4 is 4.72 Å². The van der Waals surface area contributed by atoms with E-state index in [9.17, 15) is 9.00 Å². The summed E-state index contributed by atoms with van der Waals surface area (Å²) in [6, 6.07) is 7.26. The van der Waals surface area contributed by atoms with E-state index in [1.54, 1.807) is 25.3 Å². The molecule has 0 aliphatic carbocycles. The number of carboxylic acids is 1. The SMILES string of the molecule is CC(C(=O)O)c1ccc(CNS(C)=O)cc1. The predicted octanol–water partition coefficient (Wildman–Crippen LogP) is 1.26. The Bertz CT molecular complexity index is 389. The van der Waals surface area contributed by atoms with Gasteiger partial charge in [0.05, 0.1) is 16.9 Å². The van der Waals surface area contributed by atoms with Crippen molar-refractivity contribution >= 4 is 17.0 Å². The van der Waals surface area contributed by atoms with Crippen LogP contribution in [0.5, 0.6) is 0 Å². The lowest BCUT2D eigenvalue weighted by molar-refractivity contribution is -0.138. The van der Waals surface area contributed by atoms with Crippen LogP contribution in [0.4, 0.5) is 0 Å². The zero-order valence-corrected chi connectivity index (χ0v) is 10.1. The molecule has 1 aromatic carbocycles. The van der Waals surface area contributed by atoms with Crippen molar-refractivity contribution in [3.63, 3.8) is 0 Å². The van der Waals surface area contributed by atoms with E-state index in [4.69, 9.17) is 5.11 Å².